The highest BCUT2D eigenvalue weighted by molar-refractivity contribution is 5.34. The molecular weight excluding hydrogens is 132 g/mol. The number of allylic oxidation sites excluding steroid dienone is 5. The van der Waals surface area contributed by atoms with Crippen molar-refractivity contribution >= 4 is 0 Å². The Labute approximate surface area is 69.3 Å². The van der Waals surface area contributed by atoms with E-state index in [1.807, 2.05) is 6.08 Å². The van der Waals surface area contributed by atoms with Gasteiger partial charge in [0.15, 0.2) is 0 Å². The molecule has 0 bridgehead atoms. The Morgan fingerprint density at radius 3 is 2.36 bits per heavy atom. The lowest BCUT2D eigenvalue weighted by atomic mass is 9.89. The first-order valence-electron chi connectivity index (χ1n) is 4.35. The van der Waals surface area contributed by atoms with E-state index in [2.05, 4.69) is 25.7 Å². The number of rotatable bonds is 1. The van der Waals surface area contributed by atoms with Crippen LogP contribution in [0, 0.1) is 0 Å². The molecule has 0 unspecified atom stereocenters. The van der Waals surface area contributed by atoms with Gasteiger partial charge in [-0.3, -0.25) is 0 Å². The Morgan fingerprint density at radius 2 is 1.82 bits per heavy atom. The molecule has 1 aliphatic rings. The molecule has 0 radical (unpaired) electrons. The van der Waals surface area contributed by atoms with Gasteiger partial charge in [-0.25, -0.2) is 0 Å². The molecule has 1 saturated carbocycles. The Morgan fingerprint density at radius 1 is 1.18 bits per heavy atom. The van der Waals surface area contributed by atoms with Crippen molar-refractivity contribution in [3.63, 3.8) is 0 Å². The maximum atomic E-state index is 3.72. The maximum Gasteiger partial charge on any atom is -0.0276 e. The van der Waals surface area contributed by atoms with Gasteiger partial charge in [0.2, 0.25) is 0 Å². The first-order valence-corrected chi connectivity index (χ1v) is 4.35. The predicted molar refractivity (Wildman–Crippen MR) is 50.5 cm³/mol. The Bertz CT molecular complexity index is 194. The molecule has 11 heavy (non-hydrogen) atoms. The van der Waals surface area contributed by atoms with Crippen LogP contribution >= 0.6 is 0 Å². The topological polar surface area (TPSA) is 0 Å². The molecule has 0 nitrogen and oxygen atoms in total. The SMILES string of the molecule is C=C/C=C1/CCCC/C1=C/C. The summed E-state index contributed by atoms with van der Waals surface area (Å²) in [4.78, 5) is 0. The fourth-order valence-corrected chi connectivity index (χ4v) is 1.61. The first kappa shape index (κ1) is 8.32. The van der Waals surface area contributed by atoms with Gasteiger partial charge in [-0.1, -0.05) is 24.8 Å². The van der Waals surface area contributed by atoms with Crippen molar-refractivity contribution < 1.29 is 0 Å². The minimum absolute atomic E-state index is 1.24. The molecule has 0 aromatic heterocycles. The summed E-state index contributed by atoms with van der Waals surface area (Å²) in [6.07, 6.45) is 11.5. The molecular formula is C11H16. The first-order chi connectivity index (χ1) is 5.38. The van der Waals surface area contributed by atoms with Crippen molar-refractivity contribution in [2.45, 2.75) is 32.6 Å². The van der Waals surface area contributed by atoms with E-state index in [0.717, 1.165) is 0 Å². The summed E-state index contributed by atoms with van der Waals surface area (Å²) < 4.78 is 0. The fourth-order valence-electron chi connectivity index (χ4n) is 1.61. The van der Waals surface area contributed by atoms with Crippen molar-refractivity contribution in [3.8, 4) is 0 Å². The molecule has 0 aliphatic heterocycles. The standard InChI is InChI=1S/C11H16/c1-3-7-11-9-6-5-8-10(11)4-2/h3-4,7H,1,5-6,8-9H2,2H3/b10-4-,11-7-. The summed E-state index contributed by atoms with van der Waals surface area (Å²) in [5.41, 5.74) is 3.02. The smallest absolute Gasteiger partial charge is 0.0276 e. The monoisotopic (exact) mass is 148 g/mol. The van der Waals surface area contributed by atoms with E-state index in [0.29, 0.717) is 0 Å². The normalized spacial score (nSPS) is 25.9. The van der Waals surface area contributed by atoms with Crippen molar-refractivity contribution in [1.29, 1.82) is 0 Å². The van der Waals surface area contributed by atoms with Crippen molar-refractivity contribution in [2.75, 3.05) is 0 Å². The number of hydrogen-bond donors (Lipinski definition) is 0. The molecule has 1 fully saturated rings. The third kappa shape index (κ3) is 2.07. The van der Waals surface area contributed by atoms with Gasteiger partial charge in [0.1, 0.15) is 0 Å². The van der Waals surface area contributed by atoms with Crippen LogP contribution in [-0.4, -0.2) is 0 Å². The van der Waals surface area contributed by atoms with Crippen molar-refractivity contribution in [2.24, 2.45) is 0 Å². The largest absolute Gasteiger partial charge is 0.0991 e. The number of hydrogen-bond acceptors (Lipinski definition) is 0. The average Bonchev–Trinajstić information content (AvgIpc) is 2.06. The molecule has 1 aliphatic carbocycles. The highest BCUT2D eigenvalue weighted by Crippen LogP contribution is 2.28. The second kappa shape index (κ2) is 4.17. The van der Waals surface area contributed by atoms with Gasteiger partial charge < -0.3 is 0 Å². The lowest BCUT2D eigenvalue weighted by Gasteiger charge is -2.16. The minimum Gasteiger partial charge on any atom is -0.0991 e. The van der Waals surface area contributed by atoms with Crippen LogP contribution in [0.25, 0.3) is 0 Å². The third-order valence-corrected chi connectivity index (χ3v) is 2.22. The lowest BCUT2D eigenvalue weighted by Crippen LogP contribution is -1.97. The third-order valence-electron chi connectivity index (χ3n) is 2.22. The summed E-state index contributed by atoms with van der Waals surface area (Å²) in [5.74, 6) is 0. The van der Waals surface area contributed by atoms with Gasteiger partial charge in [0.25, 0.3) is 0 Å². The molecule has 0 aromatic rings. The van der Waals surface area contributed by atoms with E-state index in [-0.39, 0.29) is 0 Å². The molecule has 0 atom stereocenters. The molecule has 0 amide bonds. The predicted octanol–water partition coefficient (Wildman–Crippen LogP) is 3.62. The minimum atomic E-state index is 1.24. The molecule has 0 heteroatoms. The van der Waals surface area contributed by atoms with Crippen LogP contribution in [-0.2, 0) is 0 Å². The van der Waals surface area contributed by atoms with Crippen LogP contribution in [0.2, 0.25) is 0 Å². The summed E-state index contributed by atoms with van der Waals surface area (Å²) >= 11 is 0. The van der Waals surface area contributed by atoms with E-state index >= 15 is 0 Å². The molecule has 0 N–H and O–H groups in total. The van der Waals surface area contributed by atoms with Crippen LogP contribution in [0.4, 0.5) is 0 Å². The fraction of sp³-hybridized carbons (Fsp3) is 0.455. The maximum absolute atomic E-state index is 3.72. The van der Waals surface area contributed by atoms with Gasteiger partial charge in [0.05, 0.1) is 0 Å². The van der Waals surface area contributed by atoms with Crippen LogP contribution in [0.1, 0.15) is 32.6 Å². The Kier molecular flexibility index (Phi) is 3.15. The molecule has 0 heterocycles. The molecule has 0 saturated heterocycles. The Hall–Kier alpha value is -0.780. The summed E-state index contributed by atoms with van der Waals surface area (Å²) in [6, 6.07) is 0. The van der Waals surface area contributed by atoms with Crippen LogP contribution in [0.5, 0.6) is 0 Å². The van der Waals surface area contributed by atoms with Gasteiger partial charge in [-0.05, 0) is 43.8 Å². The van der Waals surface area contributed by atoms with Gasteiger partial charge in [-0.15, -0.1) is 0 Å². The zero-order valence-corrected chi connectivity index (χ0v) is 7.27. The second-order valence-electron chi connectivity index (χ2n) is 2.95. The van der Waals surface area contributed by atoms with Crippen LogP contribution < -0.4 is 0 Å². The zero-order valence-electron chi connectivity index (χ0n) is 7.27. The molecule has 60 valence electrons. The average molecular weight is 148 g/mol. The molecule has 0 aromatic carbocycles. The van der Waals surface area contributed by atoms with E-state index in [1.54, 1.807) is 0 Å². The summed E-state index contributed by atoms with van der Waals surface area (Å²) in [7, 11) is 0. The summed E-state index contributed by atoms with van der Waals surface area (Å²) in [5, 5.41) is 0. The van der Waals surface area contributed by atoms with Gasteiger partial charge >= 0.3 is 0 Å². The van der Waals surface area contributed by atoms with Crippen molar-refractivity contribution in [1.82, 2.24) is 0 Å². The van der Waals surface area contributed by atoms with Gasteiger partial charge in [-0.2, -0.15) is 0 Å². The van der Waals surface area contributed by atoms with Crippen LogP contribution in [0.3, 0.4) is 0 Å². The molecule has 0 spiro atoms. The van der Waals surface area contributed by atoms with Crippen LogP contribution in [0.15, 0.2) is 36.0 Å². The van der Waals surface area contributed by atoms with E-state index in [1.165, 1.54) is 36.8 Å². The van der Waals surface area contributed by atoms with E-state index < -0.39 is 0 Å². The lowest BCUT2D eigenvalue weighted by molar-refractivity contribution is 0.678. The van der Waals surface area contributed by atoms with Crippen molar-refractivity contribution in [3.05, 3.63) is 36.0 Å². The highest BCUT2D eigenvalue weighted by atomic mass is 14.1. The van der Waals surface area contributed by atoms with Gasteiger partial charge in [0, 0.05) is 0 Å². The Balaban J connectivity index is 2.74. The van der Waals surface area contributed by atoms with E-state index in [4.69, 9.17) is 0 Å². The van der Waals surface area contributed by atoms with E-state index in [9.17, 15) is 0 Å². The summed E-state index contributed by atoms with van der Waals surface area (Å²) in [6.45, 7) is 5.84. The quantitative estimate of drug-likeness (QED) is 0.532. The zero-order chi connectivity index (χ0) is 8.10. The molecule has 1 rings (SSSR count). The highest BCUT2D eigenvalue weighted by Gasteiger charge is 2.08. The second-order valence-corrected chi connectivity index (χ2v) is 2.95.